The number of fused-ring (bicyclic) bond motifs is 1. The Balaban J connectivity index is 1.59. The molecule has 2 aliphatic heterocycles. The summed E-state index contributed by atoms with van der Waals surface area (Å²) in [6.45, 7) is 6.57. The van der Waals surface area contributed by atoms with Crippen LogP contribution in [-0.4, -0.2) is 49.2 Å². The van der Waals surface area contributed by atoms with Crippen LogP contribution in [-0.2, 0) is 0 Å². The summed E-state index contributed by atoms with van der Waals surface area (Å²) in [5.41, 5.74) is 2.06. The van der Waals surface area contributed by atoms with Crippen LogP contribution < -0.4 is 15.1 Å². The Morgan fingerprint density at radius 1 is 1.00 bits per heavy atom. The van der Waals surface area contributed by atoms with Crippen molar-refractivity contribution in [2.45, 2.75) is 32.4 Å². The molecular formula is C22H26F2N4O. The lowest BCUT2D eigenvalue weighted by Gasteiger charge is -2.39. The van der Waals surface area contributed by atoms with E-state index in [2.05, 4.69) is 19.2 Å². The Hall–Kier alpha value is -2.67. The van der Waals surface area contributed by atoms with E-state index in [9.17, 15) is 13.6 Å². The second-order valence-corrected chi connectivity index (χ2v) is 7.95. The number of nitrogens with zero attached hydrogens (tertiary/aromatic N) is 3. The lowest BCUT2D eigenvalue weighted by atomic mass is 10.1. The second-order valence-electron chi connectivity index (χ2n) is 7.95. The number of amides is 2. The molecule has 154 valence electrons. The highest BCUT2D eigenvalue weighted by atomic mass is 19.1. The van der Waals surface area contributed by atoms with Gasteiger partial charge in [0.15, 0.2) is 0 Å². The summed E-state index contributed by atoms with van der Waals surface area (Å²) >= 11 is 0. The molecule has 0 aliphatic carbocycles. The van der Waals surface area contributed by atoms with E-state index in [-0.39, 0.29) is 17.7 Å². The van der Waals surface area contributed by atoms with Gasteiger partial charge < -0.3 is 15.1 Å². The quantitative estimate of drug-likeness (QED) is 0.843. The number of nitrogens with one attached hydrogen (secondary N) is 1. The molecule has 1 atom stereocenters. The lowest BCUT2D eigenvalue weighted by molar-refractivity contribution is 0.214. The number of anilines is 3. The van der Waals surface area contributed by atoms with E-state index in [4.69, 9.17) is 0 Å². The molecule has 5 nitrogen and oxygen atoms in total. The van der Waals surface area contributed by atoms with Gasteiger partial charge in [0, 0.05) is 44.0 Å². The van der Waals surface area contributed by atoms with Crippen molar-refractivity contribution in [3.05, 3.63) is 54.1 Å². The van der Waals surface area contributed by atoms with Gasteiger partial charge in [-0.1, -0.05) is 13.8 Å². The summed E-state index contributed by atoms with van der Waals surface area (Å²) in [7, 11) is 0. The van der Waals surface area contributed by atoms with E-state index >= 15 is 0 Å². The fraction of sp³-hybridized carbons (Fsp3) is 0.409. The molecule has 7 heteroatoms. The van der Waals surface area contributed by atoms with Gasteiger partial charge >= 0.3 is 6.03 Å². The number of likely N-dealkylation sites (tertiary alicyclic amines) is 1. The highest BCUT2D eigenvalue weighted by Gasteiger charge is 2.34. The van der Waals surface area contributed by atoms with Crippen LogP contribution in [0.2, 0.25) is 0 Å². The van der Waals surface area contributed by atoms with E-state index in [1.54, 1.807) is 23.1 Å². The highest BCUT2D eigenvalue weighted by molar-refractivity contribution is 5.98. The average Bonchev–Trinajstić information content (AvgIpc) is 3.15. The number of hydrogen-bond acceptors (Lipinski definition) is 3. The smallest absolute Gasteiger partial charge is 0.324 e. The van der Waals surface area contributed by atoms with Gasteiger partial charge in [0.25, 0.3) is 0 Å². The van der Waals surface area contributed by atoms with Crippen molar-refractivity contribution in [1.82, 2.24) is 10.2 Å². The van der Waals surface area contributed by atoms with Crippen LogP contribution in [0.25, 0.3) is 0 Å². The van der Waals surface area contributed by atoms with Crippen LogP contribution >= 0.6 is 0 Å². The Morgan fingerprint density at radius 3 is 2.45 bits per heavy atom. The number of carbonyl (C=O) groups excluding carboxylic acids is 1. The predicted octanol–water partition coefficient (Wildman–Crippen LogP) is 4.12. The molecule has 1 saturated heterocycles. The number of benzene rings is 2. The number of urea groups is 1. The lowest BCUT2D eigenvalue weighted by Crippen LogP contribution is -2.49. The van der Waals surface area contributed by atoms with Crippen molar-refractivity contribution in [3.8, 4) is 0 Å². The minimum absolute atomic E-state index is 0.0512. The van der Waals surface area contributed by atoms with Gasteiger partial charge in [0.1, 0.15) is 11.6 Å². The average molecular weight is 400 g/mol. The first kappa shape index (κ1) is 19.6. The topological polar surface area (TPSA) is 38.8 Å². The van der Waals surface area contributed by atoms with Crippen LogP contribution in [0.1, 0.15) is 20.3 Å². The molecule has 2 heterocycles. The summed E-state index contributed by atoms with van der Waals surface area (Å²) in [4.78, 5) is 18.7. The van der Waals surface area contributed by atoms with Gasteiger partial charge in [-0.2, -0.15) is 0 Å². The maximum Gasteiger partial charge on any atom is 0.324 e. The largest absolute Gasteiger partial charge is 0.338 e. The number of rotatable bonds is 3. The molecule has 1 N–H and O–H groups in total. The minimum atomic E-state index is -0.368. The fourth-order valence-corrected chi connectivity index (χ4v) is 4.18. The third-order valence-electron chi connectivity index (χ3n) is 5.46. The van der Waals surface area contributed by atoms with Gasteiger partial charge in [-0.05, 0) is 48.9 Å². The van der Waals surface area contributed by atoms with Crippen molar-refractivity contribution >= 4 is 23.1 Å². The first-order valence-corrected chi connectivity index (χ1v) is 10.1. The summed E-state index contributed by atoms with van der Waals surface area (Å²) in [6.07, 6.45) is 0.926. The van der Waals surface area contributed by atoms with E-state index < -0.39 is 0 Å². The molecule has 0 radical (unpaired) electrons. The fourth-order valence-electron chi connectivity index (χ4n) is 4.18. The van der Waals surface area contributed by atoms with Crippen LogP contribution in [0, 0.1) is 11.6 Å². The molecule has 0 saturated carbocycles. The zero-order valence-electron chi connectivity index (χ0n) is 16.7. The summed E-state index contributed by atoms with van der Waals surface area (Å²) in [5.74, 6) is -0.687. The molecule has 2 aromatic carbocycles. The molecule has 0 bridgehead atoms. The van der Waals surface area contributed by atoms with Crippen molar-refractivity contribution in [3.63, 3.8) is 0 Å². The Labute approximate surface area is 169 Å². The molecule has 0 aromatic heterocycles. The molecule has 0 spiro atoms. The predicted molar refractivity (Wildman–Crippen MR) is 111 cm³/mol. The third kappa shape index (κ3) is 4.05. The summed E-state index contributed by atoms with van der Waals surface area (Å²) in [6, 6.07) is 11.2. The van der Waals surface area contributed by atoms with Crippen molar-refractivity contribution in [2.75, 3.05) is 36.0 Å². The van der Waals surface area contributed by atoms with Crippen LogP contribution in [0.15, 0.2) is 42.5 Å². The van der Waals surface area contributed by atoms with Crippen molar-refractivity contribution in [2.24, 2.45) is 0 Å². The van der Waals surface area contributed by atoms with E-state index in [1.807, 2.05) is 9.80 Å². The van der Waals surface area contributed by atoms with E-state index in [0.29, 0.717) is 49.6 Å². The number of halogens is 2. The van der Waals surface area contributed by atoms with Crippen molar-refractivity contribution < 1.29 is 13.6 Å². The van der Waals surface area contributed by atoms with E-state index in [1.165, 1.54) is 24.3 Å². The second kappa shape index (κ2) is 7.99. The Bertz CT molecular complexity index is 887. The standard InChI is InChI=1S/C22H26F2N4O/c1-15(2)25-18-9-10-26(14-18)22(29)28-12-11-27(19-6-3-16(23)4-7-19)21-13-17(24)5-8-20(21)28/h3-8,13,15,18,25H,9-12,14H2,1-2H3. The van der Waals surface area contributed by atoms with Gasteiger partial charge in [0.05, 0.1) is 11.4 Å². The first-order valence-electron chi connectivity index (χ1n) is 10.1. The van der Waals surface area contributed by atoms with Gasteiger partial charge in [-0.3, -0.25) is 4.90 Å². The van der Waals surface area contributed by atoms with Gasteiger partial charge in [-0.15, -0.1) is 0 Å². The molecule has 2 aliphatic rings. The minimum Gasteiger partial charge on any atom is -0.338 e. The van der Waals surface area contributed by atoms with Crippen LogP contribution in [0.5, 0.6) is 0 Å². The van der Waals surface area contributed by atoms with Crippen LogP contribution in [0.4, 0.5) is 30.6 Å². The molecule has 2 aromatic rings. The first-order chi connectivity index (χ1) is 13.9. The van der Waals surface area contributed by atoms with Crippen molar-refractivity contribution in [1.29, 1.82) is 0 Å². The molecule has 2 amide bonds. The molecule has 1 fully saturated rings. The molecule has 1 unspecified atom stereocenters. The Kier molecular flexibility index (Phi) is 5.41. The SMILES string of the molecule is CC(C)NC1CCN(C(=O)N2CCN(c3ccc(F)cc3)c3cc(F)ccc32)C1. The maximum absolute atomic E-state index is 14.0. The maximum atomic E-state index is 14.0. The zero-order chi connectivity index (χ0) is 20.5. The van der Waals surface area contributed by atoms with Gasteiger partial charge in [0.2, 0.25) is 0 Å². The normalized spacial score (nSPS) is 19.1. The zero-order valence-corrected chi connectivity index (χ0v) is 16.7. The number of carbonyl (C=O) groups is 1. The summed E-state index contributed by atoms with van der Waals surface area (Å²) < 4.78 is 27.4. The molecule has 4 rings (SSSR count). The van der Waals surface area contributed by atoms with E-state index in [0.717, 1.165) is 12.1 Å². The highest BCUT2D eigenvalue weighted by Crippen LogP contribution is 2.39. The monoisotopic (exact) mass is 400 g/mol. The summed E-state index contributed by atoms with van der Waals surface area (Å²) in [5, 5.41) is 3.49. The number of hydrogen-bond donors (Lipinski definition) is 1. The third-order valence-corrected chi connectivity index (χ3v) is 5.46. The molecular weight excluding hydrogens is 374 g/mol. The molecule has 29 heavy (non-hydrogen) atoms. The van der Waals surface area contributed by atoms with Crippen LogP contribution in [0.3, 0.4) is 0 Å². The Morgan fingerprint density at radius 2 is 1.72 bits per heavy atom. The van der Waals surface area contributed by atoms with Gasteiger partial charge in [-0.25, -0.2) is 13.6 Å².